The van der Waals surface area contributed by atoms with Crippen LogP contribution < -0.4 is 10.5 Å². The Morgan fingerprint density at radius 1 is 1.15 bits per heavy atom. The summed E-state index contributed by atoms with van der Waals surface area (Å²) in [6.07, 6.45) is 0. The van der Waals surface area contributed by atoms with Gasteiger partial charge in [0, 0.05) is 5.69 Å². The number of anilines is 1. The number of fused-ring (bicyclic) bond motifs is 1. The van der Waals surface area contributed by atoms with Crippen molar-refractivity contribution in [1.82, 2.24) is 4.90 Å². The summed E-state index contributed by atoms with van der Waals surface area (Å²) in [7, 11) is 0. The molecule has 5 heteroatoms. The highest BCUT2D eigenvalue weighted by atomic mass is 16.5. The van der Waals surface area contributed by atoms with Crippen LogP contribution in [0.25, 0.3) is 0 Å². The normalized spacial score (nSPS) is 26.6. The predicted octanol–water partition coefficient (Wildman–Crippen LogP) is 1.29. The summed E-state index contributed by atoms with van der Waals surface area (Å²) in [6, 6.07) is 7.03. The average Bonchev–Trinajstić information content (AvgIpc) is 2.87. The van der Waals surface area contributed by atoms with Crippen molar-refractivity contribution in [2.24, 2.45) is 17.3 Å². The fraction of sp³-hybridized carbons (Fsp3) is 0.467. The number of carbonyl (C=O) groups is 2. The summed E-state index contributed by atoms with van der Waals surface area (Å²) in [5, 5.41) is 0. The highest BCUT2D eigenvalue weighted by molar-refractivity contribution is 6.10. The molecule has 2 atom stereocenters. The van der Waals surface area contributed by atoms with Gasteiger partial charge in [-0.15, -0.1) is 0 Å². The van der Waals surface area contributed by atoms with E-state index in [4.69, 9.17) is 10.5 Å². The number of hydrogen-bond acceptors (Lipinski definition) is 4. The lowest BCUT2D eigenvalue weighted by molar-refractivity contribution is -0.143. The molecule has 0 spiro atoms. The Hall–Kier alpha value is -2.04. The number of ether oxygens (including phenoxy) is 1. The van der Waals surface area contributed by atoms with E-state index in [0.717, 1.165) is 0 Å². The quantitative estimate of drug-likeness (QED) is 0.663. The first-order valence-electron chi connectivity index (χ1n) is 6.76. The topological polar surface area (TPSA) is 72.6 Å². The number of hydrogen-bond donors (Lipinski definition) is 1. The van der Waals surface area contributed by atoms with Gasteiger partial charge in [0.1, 0.15) is 12.4 Å². The molecule has 2 unspecified atom stereocenters. The van der Waals surface area contributed by atoms with Gasteiger partial charge in [0.05, 0.1) is 18.4 Å². The molecule has 0 aromatic heterocycles. The number of piperidine rings is 1. The lowest BCUT2D eigenvalue weighted by atomic mass is 10.1. The standard InChI is InChI=1S/C15H18N2O3/c1-15(2)11-12(15)14(19)17(13(11)18)7-8-20-10-5-3-9(16)4-6-10/h3-6,11-12H,7-8,16H2,1-2H3. The fourth-order valence-electron chi connectivity index (χ4n) is 3.04. The van der Waals surface area contributed by atoms with Gasteiger partial charge < -0.3 is 10.5 Å². The largest absolute Gasteiger partial charge is 0.492 e. The number of benzene rings is 1. The molecule has 1 saturated heterocycles. The highest BCUT2D eigenvalue weighted by Crippen LogP contribution is 2.63. The van der Waals surface area contributed by atoms with Gasteiger partial charge in [-0.05, 0) is 29.7 Å². The number of nitrogen functional groups attached to an aromatic ring is 1. The van der Waals surface area contributed by atoms with E-state index < -0.39 is 0 Å². The average molecular weight is 274 g/mol. The van der Waals surface area contributed by atoms with E-state index in [1.54, 1.807) is 24.3 Å². The molecule has 2 amide bonds. The molecular formula is C15H18N2O3. The van der Waals surface area contributed by atoms with Crippen LogP contribution in [-0.4, -0.2) is 29.9 Å². The van der Waals surface area contributed by atoms with E-state index in [0.29, 0.717) is 24.6 Å². The van der Waals surface area contributed by atoms with Crippen LogP contribution in [0.15, 0.2) is 24.3 Å². The van der Waals surface area contributed by atoms with Gasteiger partial charge in [0.25, 0.3) is 0 Å². The van der Waals surface area contributed by atoms with Gasteiger partial charge in [-0.2, -0.15) is 0 Å². The van der Waals surface area contributed by atoms with Gasteiger partial charge in [-0.25, -0.2) is 0 Å². The van der Waals surface area contributed by atoms with Crippen LogP contribution in [0.2, 0.25) is 0 Å². The third kappa shape index (κ3) is 1.85. The summed E-state index contributed by atoms with van der Waals surface area (Å²) in [6.45, 7) is 4.56. The van der Waals surface area contributed by atoms with E-state index in [2.05, 4.69) is 0 Å². The zero-order valence-corrected chi connectivity index (χ0v) is 11.6. The number of amides is 2. The van der Waals surface area contributed by atoms with Crippen LogP contribution in [0.4, 0.5) is 5.69 Å². The minimum atomic E-state index is -0.150. The van der Waals surface area contributed by atoms with Crippen LogP contribution in [0.1, 0.15) is 13.8 Å². The molecule has 1 aliphatic heterocycles. The van der Waals surface area contributed by atoms with Crippen LogP contribution in [0.5, 0.6) is 5.75 Å². The molecule has 2 aliphatic rings. The number of nitrogens with zero attached hydrogens (tertiary/aromatic N) is 1. The monoisotopic (exact) mass is 274 g/mol. The summed E-state index contributed by atoms with van der Waals surface area (Å²) in [5.74, 6) is 0.346. The Labute approximate surface area is 117 Å². The van der Waals surface area contributed by atoms with Crippen molar-refractivity contribution in [3.05, 3.63) is 24.3 Å². The fourth-order valence-corrected chi connectivity index (χ4v) is 3.04. The second-order valence-electron chi connectivity index (χ2n) is 6.02. The molecule has 1 aromatic rings. The van der Waals surface area contributed by atoms with Crippen molar-refractivity contribution in [1.29, 1.82) is 0 Å². The minimum Gasteiger partial charge on any atom is -0.492 e. The highest BCUT2D eigenvalue weighted by Gasteiger charge is 2.72. The van der Waals surface area contributed by atoms with E-state index in [1.807, 2.05) is 13.8 Å². The molecular weight excluding hydrogens is 256 g/mol. The van der Waals surface area contributed by atoms with Crippen molar-refractivity contribution >= 4 is 17.5 Å². The maximum Gasteiger partial charge on any atom is 0.233 e. The van der Waals surface area contributed by atoms with E-state index >= 15 is 0 Å². The van der Waals surface area contributed by atoms with Crippen LogP contribution in [0.3, 0.4) is 0 Å². The lowest BCUT2D eigenvalue weighted by Gasteiger charge is -2.20. The Balaban J connectivity index is 1.54. The zero-order chi connectivity index (χ0) is 14.5. The van der Waals surface area contributed by atoms with Gasteiger partial charge in [0.2, 0.25) is 11.8 Å². The molecule has 1 aromatic carbocycles. The number of imide groups is 1. The molecule has 20 heavy (non-hydrogen) atoms. The summed E-state index contributed by atoms with van der Waals surface area (Å²) in [4.78, 5) is 25.5. The first kappa shape index (κ1) is 13.0. The number of rotatable bonds is 4. The Bertz CT molecular complexity index is 541. The predicted molar refractivity (Wildman–Crippen MR) is 73.8 cm³/mol. The molecule has 2 N–H and O–H groups in total. The molecule has 2 fully saturated rings. The number of carbonyl (C=O) groups excluding carboxylic acids is 2. The summed E-state index contributed by atoms with van der Waals surface area (Å²) < 4.78 is 5.52. The van der Waals surface area contributed by atoms with Crippen LogP contribution in [0, 0.1) is 17.3 Å². The van der Waals surface area contributed by atoms with E-state index in [1.165, 1.54) is 4.90 Å². The first-order valence-corrected chi connectivity index (χ1v) is 6.76. The van der Waals surface area contributed by atoms with Gasteiger partial charge in [-0.3, -0.25) is 14.5 Å². The number of nitrogens with two attached hydrogens (primary N) is 1. The third-order valence-electron chi connectivity index (χ3n) is 4.36. The molecule has 0 bridgehead atoms. The maximum absolute atomic E-state index is 12.1. The second-order valence-corrected chi connectivity index (χ2v) is 6.02. The van der Waals surface area contributed by atoms with Gasteiger partial charge >= 0.3 is 0 Å². The van der Waals surface area contributed by atoms with Crippen molar-refractivity contribution in [3.8, 4) is 5.75 Å². The minimum absolute atomic E-state index is 0.0501. The summed E-state index contributed by atoms with van der Waals surface area (Å²) in [5.41, 5.74) is 6.10. The van der Waals surface area contributed by atoms with Crippen LogP contribution >= 0.6 is 0 Å². The maximum atomic E-state index is 12.1. The molecule has 1 heterocycles. The molecule has 1 aliphatic carbocycles. The third-order valence-corrected chi connectivity index (χ3v) is 4.36. The molecule has 5 nitrogen and oxygen atoms in total. The van der Waals surface area contributed by atoms with Crippen molar-refractivity contribution < 1.29 is 14.3 Å². The second kappa shape index (κ2) is 4.23. The van der Waals surface area contributed by atoms with E-state index in [-0.39, 0.29) is 29.1 Å². The Kier molecular flexibility index (Phi) is 2.74. The van der Waals surface area contributed by atoms with Gasteiger partial charge in [0.15, 0.2) is 0 Å². The first-order chi connectivity index (χ1) is 9.43. The SMILES string of the molecule is CC1(C)C2C(=O)N(CCOc3ccc(N)cc3)C(=O)C21. The Morgan fingerprint density at radius 2 is 1.70 bits per heavy atom. The molecule has 106 valence electrons. The molecule has 0 radical (unpaired) electrons. The molecule has 3 rings (SSSR count). The molecule has 1 saturated carbocycles. The number of likely N-dealkylation sites (tertiary alicyclic amines) is 1. The van der Waals surface area contributed by atoms with E-state index in [9.17, 15) is 9.59 Å². The smallest absolute Gasteiger partial charge is 0.233 e. The van der Waals surface area contributed by atoms with Crippen LogP contribution in [-0.2, 0) is 9.59 Å². The summed E-state index contributed by atoms with van der Waals surface area (Å²) >= 11 is 0. The van der Waals surface area contributed by atoms with Crippen molar-refractivity contribution in [2.75, 3.05) is 18.9 Å². The lowest BCUT2D eigenvalue weighted by Crippen LogP contribution is -2.38. The van der Waals surface area contributed by atoms with Crippen molar-refractivity contribution in [2.45, 2.75) is 13.8 Å². The zero-order valence-electron chi connectivity index (χ0n) is 11.6. The van der Waals surface area contributed by atoms with Crippen molar-refractivity contribution in [3.63, 3.8) is 0 Å². The van der Waals surface area contributed by atoms with Gasteiger partial charge in [-0.1, -0.05) is 13.8 Å². The Morgan fingerprint density at radius 3 is 2.25 bits per heavy atom.